The lowest BCUT2D eigenvalue weighted by Gasteiger charge is -2.34. The van der Waals surface area contributed by atoms with Crippen LogP contribution >= 0.6 is 0 Å². The van der Waals surface area contributed by atoms with Crippen LogP contribution in [0.5, 0.6) is 0 Å². The number of carbonyl (C=O) groups excluding carboxylic acids is 1. The van der Waals surface area contributed by atoms with Gasteiger partial charge in [0.05, 0.1) is 25.3 Å². The number of nitrogens with two attached hydrogens (primary N) is 1. The van der Waals surface area contributed by atoms with E-state index in [0.29, 0.717) is 32.7 Å². The van der Waals surface area contributed by atoms with E-state index in [9.17, 15) is 4.79 Å². The van der Waals surface area contributed by atoms with E-state index in [1.165, 1.54) is 0 Å². The summed E-state index contributed by atoms with van der Waals surface area (Å²) >= 11 is 0. The molecule has 1 aliphatic heterocycles. The summed E-state index contributed by atoms with van der Waals surface area (Å²) in [5, 5.41) is 4.14. The number of carbonyl (C=O) groups is 1. The molecular weight excluding hydrogens is 232 g/mol. The smallest absolute Gasteiger partial charge is 0.239 e. The lowest BCUT2D eigenvalue weighted by Crippen LogP contribution is -2.52. The highest BCUT2D eigenvalue weighted by molar-refractivity contribution is 5.81. The predicted molar refractivity (Wildman–Crippen MR) is 66.8 cm³/mol. The van der Waals surface area contributed by atoms with Crippen molar-refractivity contribution >= 4 is 5.91 Å². The van der Waals surface area contributed by atoms with Crippen LogP contribution in [0.25, 0.3) is 0 Å². The average Bonchev–Trinajstić information content (AvgIpc) is 2.90. The van der Waals surface area contributed by atoms with Crippen molar-refractivity contribution in [1.82, 2.24) is 14.7 Å². The summed E-state index contributed by atoms with van der Waals surface area (Å²) in [7, 11) is 0. The minimum atomic E-state index is -0.395. The van der Waals surface area contributed by atoms with Gasteiger partial charge in [-0.3, -0.25) is 9.48 Å². The van der Waals surface area contributed by atoms with Crippen LogP contribution in [0.2, 0.25) is 0 Å². The Bertz CT molecular complexity index is 379. The second-order valence-corrected chi connectivity index (χ2v) is 4.52. The summed E-state index contributed by atoms with van der Waals surface area (Å²) in [5.74, 6) is 0.0197. The van der Waals surface area contributed by atoms with Crippen molar-refractivity contribution in [3.05, 3.63) is 18.5 Å². The number of hydrogen-bond acceptors (Lipinski definition) is 4. The van der Waals surface area contributed by atoms with Crippen LogP contribution in [0, 0.1) is 0 Å². The first-order valence-electron chi connectivity index (χ1n) is 6.34. The molecule has 2 N–H and O–H groups in total. The van der Waals surface area contributed by atoms with Crippen molar-refractivity contribution in [2.24, 2.45) is 5.73 Å². The topological polar surface area (TPSA) is 73.4 Å². The van der Waals surface area contributed by atoms with E-state index < -0.39 is 6.04 Å². The summed E-state index contributed by atoms with van der Waals surface area (Å²) in [6, 6.07) is 1.48. The molecule has 1 aromatic heterocycles. The SMILES string of the molecule is CC[C@H](N)C(=O)N1CCOC(Cn2cccn2)C1. The monoisotopic (exact) mass is 252 g/mol. The largest absolute Gasteiger partial charge is 0.373 e. The molecule has 1 amide bonds. The number of ether oxygens (including phenoxy) is 1. The molecule has 6 heteroatoms. The van der Waals surface area contributed by atoms with E-state index in [2.05, 4.69) is 5.10 Å². The molecule has 0 aliphatic carbocycles. The molecule has 1 aromatic rings. The highest BCUT2D eigenvalue weighted by Gasteiger charge is 2.27. The van der Waals surface area contributed by atoms with Gasteiger partial charge in [0, 0.05) is 25.5 Å². The minimum absolute atomic E-state index is 0.00773. The van der Waals surface area contributed by atoms with Crippen LogP contribution in [0.15, 0.2) is 18.5 Å². The second-order valence-electron chi connectivity index (χ2n) is 4.52. The molecule has 1 aliphatic rings. The van der Waals surface area contributed by atoms with Crippen LogP contribution in [-0.4, -0.2) is 52.4 Å². The van der Waals surface area contributed by atoms with Gasteiger partial charge in [0.25, 0.3) is 0 Å². The Morgan fingerprint density at radius 1 is 1.67 bits per heavy atom. The van der Waals surface area contributed by atoms with Crippen molar-refractivity contribution in [2.45, 2.75) is 32.0 Å². The molecule has 2 atom stereocenters. The third-order valence-electron chi connectivity index (χ3n) is 3.16. The molecule has 0 bridgehead atoms. The molecule has 2 heterocycles. The highest BCUT2D eigenvalue weighted by atomic mass is 16.5. The first-order chi connectivity index (χ1) is 8.70. The Kier molecular flexibility index (Phi) is 4.33. The maximum Gasteiger partial charge on any atom is 0.239 e. The van der Waals surface area contributed by atoms with E-state index in [1.54, 1.807) is 11.1 Å². The number of rotatable bonds is 4. The standard InChI is InChI=1S/C12H20N4O2/c1-2-11(13)12(17)15-6-7-18-10(8-15)9-16-5-3-4-14-16/h3-5,10-11H,2,6-9,13H2,1H3/t10?,11-/m0/s1. The fourth-order valence-electron chi connectivity index (χ4n) is 2.06. The van der Waals surface area contributed by atoms with Crippen molar-refractivity contribution in [3.63, 3.8) is 0 Å². The lowest BCUT2D eigenvalue weighted by atomic mass is 10.2. The fraction of sp³-hybridized carbons (Fsp3) is 0.667. The molecule has 1 fully saturated rings. The van der Waals surface area contributed by atoms with Gasteiger partial charge in [0.15, 0.2) is 0 Å². The molecule has 18 heavy (non-hydrogen) atoms. The Labute approximate surface area is 107 Å². The van der Waals surface area contributed by atoms with E-state index in [-0.39, 0.29) is 12.0 Å². The molecule has 0 radical (unpaired) electrons. The van der Waals surface area contributed by atoms with Gasteiger partial charge >= 0.3 is 0 Å². The van der Waals surface area contributed by atoms with Crippen LogP contribution in [0.1, 0.15) is 13.3 Å². The first kappa shape index (κ1) is 13.0. The summed E-state index contributed by atoms with van der Waals surface area (Å²) in [5.41, 5.74) is 5.78. The number of aromatic nitrogens is 2. The predicted octanol–water partition coefficient (Wildman–Crippen LogP) is -0.152. The number of amides is 1. The summed E-state index contributed by atoms with van der Waals surface area (Å²) in [6.45, 7) is 4.37. The summed E-state index contributed by atoms with van der Waals surface area (Å²) in [6.07, 6.45) is 4.28. The van der Waals surface area contributed by atoms with Crippen LogP contribution < -0.4 is 5.73 Å². The molecule has 1 saturated heterocycles. The molecule has 0 aromatic carbocycles. The molecular formula is C12H20N4O2. The van der Waals surface area contributed by atoms with Gasteiger partial charge in [-0.15, -0.1) is 0 Å². The third-order valence-corrected chi connectivity index (χ3v) is 3.16. The maximum atomic E-state index is 12.0. The van der Waals surface area contributed by atoms with Crippen molar-refractivity contribution in [3.8, 4) is 0 Å². The summed E-state index contributed by atoms with van der Waals surface area (Å²) in [4.78, 5) is 13.8. The molecule has 0 spiro atoms. The van der Waals surface area contributed by atoms with Gasteiger partial charge in [-0.1, -0.05) is 6.92 Å². The second kappa shape index (κ2) is 5.97. The van der Waals surface area contributed by atoms with Crippen LogP contribution in [-0.2, 0) is 16.1 Å². The molecule has 2 rings (SSSR count). The Hall–Kier alpha value is -1.40. The van der Waals surface area contributed by atoms with E-state index in [4.69, 9.17) is 10.5 Å². The van der Waals surface area contributed by atoms with Crippen LogP contribution in [0.3, 0.4) is 0 Å². The van der Waals surface area contributed by atoms with Crippen molar-refractivity contribution < 1.29 is 9.53 Å². The highest BCUT2D eigenvalue weighted by Crippen LogP contribution is 2.09. The van der Waals surface area contributed by atoms with Gasteiger partial charge < -0.3 is 15.4 Å². The fourth-order valence-corrected chi connectivity index (χ4v) is 2.06. The molecule has 0 saturated carbocycles. The maximum absolute atomic E-state index is 12.0. The number of hydrogen-bond donors (Lipinski definition) is 1. The van der Waals surface area contributed by atoms with E-state index in [1.807, 2.05) is 23.9 Å². The van der Waals surface area contributed by atoms with Crippen molar-refractivity contribution in [1.29, 1.82) is 0 Å². The number of nitrogens with zero attached hydrogens (tertiary/aromatic N) is 3. The minimum Gasteiger partial charge on any atom is -0.373 e. The van der Waals surface area contributed by atoms with E-state index in [0.717, 1.165) is 0 Å². The Morgan fingerprint density at radius 2 is 2.50 bits per heavy atom. The zero-order chi connectivity index (χ0) is 13.0. The zero-order valence-corrected chi connectivity index (χ0v) is 10.7. The molecule has 6 nitrogen and oxygen atoms in total. The Balaban J connectivity index is 1.90. The van der Waals surface area contributed by atoms with Crippen LogP contribution in [0.4, 0.5) is 0 Å². The lowest BCUT2D eigenvalue weighted by molar-refractivity contribution is -0.140. The van der Waals surface area contributed by atoms with Gasteiger partial charge in [-0.05, 0) is 12.5 Å². The normalized spacial score (nSPS) is 21.9. The Morgan fingerprint density at radius 3 is 3.17 bits per heavy atom. The van der Waals surface area contributed by atoms with Gasteiger partial charge in [-0.2, -0.15) is 5.10 Å². The quantitative estimate of drug-likeness (QED) is 0.808. The zero-order valence-electron chi connectivity index (χ0n) is 10.7. The molecule has 1 unspecified atom stereocenters. The average molecular weight is 252 g/mol. The first-order valence-corrected chi connectivity index (χ1v) is 6.34. The van der Waals surface area contributed by atoms with Gasteiger partial charge in [-0.25, -0.2) is 0 Å². The van der Waals surface area contributed by atoms with Crippen molar-refractivity contribution in [2.75, 3.05) is 19.7 Å². The number of morpholine rings is 1. The van der Waals surface area contributed by atoms with Gasteiger partial charge in [0.1, 0.15) is 0 Å². The van der Waals surface area contributed by atoms with E-state index >= 15 is 0 Å². The molecule has 100 valence electrons. The van der Waals surface area contributed by atoms with Gasteiger partial charge in [0.2, 0.25) is 5.91 Å². The third kappa shape index (κ3) is 3.08. The summed E-state index contributed by atoms with van der Waals surface area (Å²) < 4.78 is 7.47.